The third-order valence-electron chi connectivity index (χ3n) is 7.94. The lowest BCUT2D eigenvalue weighted by atomic mass is 9.94. The van der Waals surface area contributed by atoms with Crippen LogP contribution in [-0.4, -0.2) is 52.5 Å². The maximum Gasteiger partial charge on any atom is 0.411 e. The zero-order valence-corrected chi connectivity index (χ0v) is 23.8. The molecule has 4 aromatic heterocycles. The van der Waals surface area contributed by atoms with Gasteiger partial charge in [0.2, 0.25) is 5.95 Å². The first-order valence-electron chi connectivity index (χ1n) is 14.2. The van der Waals surface area contributed by atoms with Gasteiger partial charge in [-0.15, -0.1) is 0 Å². The van der Waals surface area contributed by atoms with Crippen LogP contribution in [0.2, 0.25) is 0 Å². The monoisotopic (exact) mass is 604 g/mol. The van der Waals surface area contributed by atoms with Crippen molar-refractivity contribution < 1.29 is 17.6 Å². The van der Waals surface area contributed by atoms with Gasteiger partial charge < -0.3 is 16.0 Å². The van der Waals surface area contributed by atoms with Gasteiger partial charge in [-0.05, 0) is 75.4 Å². The quantitative estimate of drug-likeness (QED) is 0.168. The summed E-state index contributed by atoms with van der Waals surface area (Å²) in [7, 11) is 0. The number of hydrogen-bond acceptors (Lipinski definition) is 9. The van der Waals surface area contributed by atoms with Gasteiger partial charge in [-0.2, -0.15) is 23.3 Å². The van der Waals surface area contributed by atoms with Crippen molar-refractivity contribution in [1.29, 1.82) is 0 Å². The fourth-order valence-corrected chi connectivity index (χ4v) is 4.98. The first-order valence-corrected chi connectivity index (χ1v) is 14.2. The average Bonchev–Trinajstić information content (AvgIpc) is 3.91. The molecule has 0 bridgehead atoms. The van der Waals surface area contributed by atoms with E-state index in [1.807, 2.05) is 38.1 Å². The van der Waals surface area contributed by atoms with Crippen LogP contribution in [0, 0.1) is 5.82 Å². The van der Waals surface area contributed by atoms with Gasteiger partial charge in [0.15, 0.2) is 17.5 Å². The largest absolute Gasteiger partial charge is 0.411 e. The van der Waals surface area contributed by atoms with E-state index < -0.39 is 23.1 Å². The number of nitrogens with one attached hydrogen (secondary N) is 3. The van der Waals surface area contributed by atoms with E-state index in [9.17, 15) is 17.6 Å². The molecule has 14 heteroatoms. The number of fused-ring (bicyclic) bond motifs is 1. The summed E-state index contributed by atoms with van der Waals surface area (Å²) in [6.07, 6.45) is 1.80. The van der Waals surface area contributed by atoms with Gasteiger partial charge >= 0.3 is 6.18 Å². The predicted molar refractivity (Wildman–Crippen MR) is 157 cm³/mol. The molecule has 44 heavy (non-hydrogen) atoms. The number of aromatic nitrogens is 7. The predicted octanol–water partition coefficient (Wildman–Crippen LogP) is 6.23. The van der Waals surface area contributed by atoms with E-state index in [1.54, 1.807) is 23.1 Å². The summed E-state index contributed by atoms with van der Waals surface area (Å²) < 4.78 is 58.5. The molecule has 0 unspecified atom stereocenters. The maximum absolute atomic E-state index is 14.8. The summed E-state index contributed by atoms with van der Waals surface area (Å²) in [6.45, 7) is 3.84. The van der Waals surface area contributed by atoms with Crippen molar-refractivity contribution in [2.45, 2.75) is 62.8 Å². The van der Waals surface area contributed by atoms with E-state index in [2.05, 4.69) is 46.0 Å². The Labute approximate surface area is 249 Å². The second-order valence-corrected chi connectivity index (χ2v) is 11.8. The van der Waals surface area contributed by atoms with E-state index in [1.165, 1.54) is 18.6 Å². The fraction of sp³-hybridized carbons (Fsp3) is 0.333. The van der Waals surface area contributed by atoms with Crippen LogP contribution in [0.3, 0.4) is 0 Å². The van der Waals surface area contributed by atoms with E-state index in [0.29, 0.717) is 16.8 Å². The fourth-order valence-electron chi connectivity index (χ4n) is 4.98. The third-order valence-corrected chi connectivity index (χ3v) is 7.94. The van der Waals surface area contributed by atoms with Crippen LogP contribution >= 0.6 is 0 Å². The number of benzene rings is 1. The first-order chi connectivity index (χ1) is 21.0. The Kier molecular flexibility index (Phi) is 6.41. The van der Waals surface area contributed by atoms with Gasteiger partial charge in [0.1, 0.15) is 23.7 Å². The lowest BCUT2D eigenvalue weighted by Gasteiger charge is -2.28. The topological polar surface area (TPSA) is 118 Å². The van der Waals surface area contributed by atoms with E-state index in [0.717, 1.165) is 24.1 Å². The third kappa shape index (κ3) is 5.35. The van der Waals surface area contributed by atoms with Crippen molar-refractivity contribution in [3.05, 3.63) is 72.7 Å². The Morgan fingerprint density at radius 3 is 2.36 bits per heavy atom. The van der Waals surface area contributed by atoms with Crippen molar-refractivity contribution in [3.8, 4) is 16.9 Å². The molecule has 4 heterocycles. The molecule has 0 saturated heterocycles. The summed E-state index contributed by atoms with van der Waals surface area (Å²) in [4.78, 5) is 21.8. The number of nitrogens with zero attached hydrogens (tertiary/aromatic N) is 7. The van der Waals surface area contributed by atoms with Crippen LogP contribution in [0.15, 0.2) is 61.3 Å². The Morgan fingerprint density at radius 1 is 0.955 bits per heavy atom. The Bertz CT molecular complexity index is 1830. The molecule has 2 saturated carbocycles. The number of alkyl halides is 3. The van der Waals surface area contributed by atoms with Crippen molar-refractivity contribution in [1.82, 2.24) is 34.7 Å². The molecule has 2 fully saturated rings. The smallest absolute Gasteiger partial charge is 0.365 e. The minimum atomic E-state index is -4.49. The SMILES string of the molecule is CC(C)(Nc1nc(NC2(C(F)(F)F)CC2)c2nc(-c3cnc(NC4CC4)c(F)c3)ccc2n1)c1ccc(-n2cncn2)cc1. The van der Waals surface area contributed by atoms with Crippen molar-refractivity contribution >= 4 is 28.6 Å². The molecular weight excluding hydrogens is 576 g/mol. The standard InChI is InChI=1S/C30H28F4N10/c1-28(2,18-3-7-20(8-4-18)44-16-35-15-37-44)43-27-40-23-10-9-22(17-13-21(31)25(36-14-17)38-19-5-6-19)39-24(23)26(41-27)42-29(11-12-29)30(32,33)34/h3-4,7-10,13-16,19H,5-6,11-12H2,1-2H3,(H,36,38)(H2,40,41,42,43). The molecule has 10 nitrogen and oxygen atoms in total. The van der Waals surface area contributed by atoms with Gasteiger partial charge in [0.05, 0.1) is 22.4 Å². The summed E-state index contributed by atoms with van der Waals surface area (Å²) in [5, 5.41) is 13.1. The van der Waals surface area contributed by atoms with E-state index in [-0.39, 0.29) is 42.0 Å². The highest BCUT2D eigenvalue weighted by Crippen LogP contribution is 2.51. The zero-order valence-electron chi connectivity index (χ0n) is 23.8. The summed E-state index contributed by atoms with van der Waals surface area (Å²) >= 11 is 0. The van der Waals surface area contributed by atoms with E-state index in [4.69, 9.17) is 0 Å². The number of halogens is 4. The lowest BCUT2D eigenvalue weighted by Crippen LogP contribution is -2.39. The normalized spacial score (nSPS) is 16.1. The van der Waals surface area contributed by atoms with Gasteiger partial charge in [-0.25, -0.2) is 29.0 Å². The number of pyridine rings is 2. The molecule has 0 radical (unpaired) electrons. The second kappa shape index (κ2) is 10.1. The maximum atomic E-state index is 14.8. The molecule has 3 N–H and O–H groups in total. The van der Waals surface area contributed by atoms with E-state index >= 15 is 0 Å². The molecule has 0 aliphatic heterocycles. The Hall–Kier alpha value is -4.88. The molecule has 7 rings (SSSR count). The van der Waals surface area contributed by atoms with Crippen LogP contribution in [0.5, 0.6) is 0 Å². The van der Waals surface area contributed by atoms with Gasteiger partial charge in [0.25, 0.3) is 0 Å². The zero-order chi connectivity index (χ0) is 30.7. The molecule has 2 aliphatic carbocycles. The molecular formula is C30H28F4N10. The van der Waals surface area contributed by atoms with Crippen LogP contribution < -0.4 is 16.0 Å². The van der Waals surface area contributed by atoms with Crippen molar-refractivity contribution in [2.75, 3.05) is 16.0 Å². The van der Waals surface area contributed by atoms with Crippen LogP contribution in [0.25, 0.3) is 28.0 Å². The lowest BCUT2D eigenvalue weighted by molar-refractivity contribution is -0.151. The van der Waals surface area contributed by atoms with Crippen LogP contribution in [0.1, 0.15) is 45.1 Å². The first kappa shape index (κ1) is 27.9. The van der Waals surface area contributed by atoms with Crippen molar-refractivity contribution in [3.63, 3.8) is 0 Å². The molecule has 1 aromatic carbocycles. The van der Waals surface area contributed by atoms with Crippen molar-refractivity contribution in [2.24, 2.45) is 0 Å². The minimum absolute atomic E-state index is 0.0630. The molecule has 5 aromatic rings. The van der Waals surface area contributed by atoms with Crippen LogP contribution in [0.4, 0.5) is 35.1 Å². The summed E-state index contributed by atoms with van der Waals surface area (Å²) in [5.41, 5.74) is 0.0767. The molecule has 2 aliphatic rings. The summed E-state index contributed by atoms with van der Waals surface area (Å²) in [5.74, 6) is -0.306. The minimum Gasteiger partial charge on any atom is -0.365 e. The van der Waals surface area contributed by atoms with Crippen LogP contribution in [-0.2, 0) is 5.54 Å². The Balaban J connectivity index is 1.23. The average molecular weight is 605 g/mol. The molecule has 226 valence electrons. The molecule has 0 atom stereocenters. The Morgan fingerprint density at radius 2 is 1.73 bits per heavy atom. The highest BCUT2D eigenvalue weighted by atomic mass is 19.4. The highest BCUT2D eigenvalue weighted by Gasteiger charge is 2.64. The number of rotatable bonds is 9. The number of anilines is 3. The van der Waals surface area contributed by atoms with Gasteiger partial charge in [-0.1, -0.05) is 12.1 Å². The number of hydrogen-bond donors (Lipinski definition) is 3. The molecule has 0 amide bonds. The summed E-state index contributed by atoms with van der Waals surface area (Å²) in [6, 6.07) is 12.4. The second-order valence-electron chi connectivity index (χ2n) is 11.8. The molecule has 0 spiro atoms. The van der Waals surface area contributed by atoms with Gasteiger partial charge in [-0.3, -0.25) is 0 Å². The highest BCUT2D eigenvalue weighted by molar-refractivity contribution is 5.89. The van der Waals surface area contributed by atoms with Gasteiger partial charge in [0, 0.05) is 17.8 Å².